The van der Waals surface area contributed by atoms with Gasteiger partial charge >= 0.3 is 0 Å². The second kappa shape index (κ2) is 12.9. The van der Waals surface area contributed by atoms with Crippen molar-refractivity contribution in [3.05, 3.63) is 34.3 Å². The average Bonchev–Trinajstić information content (AvgIpc) is 2.63. The number of rotatable bonds is 8. The quantitative estimate of drug-likeness (QED) is 0.564. The Morgan fingerprint density at radius 3 is 2.56 bits per heavy atom. The zero-order valence-corrected chi connectivity index (χ0v) is 15.9. The molecule has 25 heavy (non-hydrogen) atoms. The minimum Gasteiger partial charge on any atom is -0.471 e. The molecular weight excluding hydrogens is 340 g/mol. The number of unbranched alkanes of at least 4 members (excludes halogenated alkanes) is 1. The van der Waals surface area contributed by atoms with Crippen LogP contribution < -0.4 is 5.32 Å². The largest absolute Gasteiger partial charge is 0.471 e. The molecule has 0 saturated carbocycles. The van der Waals surface area contributed by atoms with Crippen molar-refractivity contribution < 1.29 is 14.3 Å². The number of methoxy groups -OCH3 is 1. The lowest BCUT2D eigenvalue weighted by atomic mass is 10.0. The number of likely N-dealkylation sites (tertiary alicyclic amines) is 1. The number of aldehydes is 1. The maximum Gasteiger partial charge on any atom is 0.292 e. The third kappa shape index (κ3) is 9.00. The topological polar surface area (TPSA) is 58.6 Å². The summed E-state index contributed by atoms with van der Waals surface area (Å²) in [7, 11) is 1.31. The van der Waals surface area contributed by atoms with E-state index in [0.717, 1.165) is 49.5 Å². The number of piperidine rings is 1. The van der Waals surface area contributed by atoms with Gasteiger partial charge in [-0.15, -0.1) is 0 Å². The lowest BCUT2D eigenvalue weighted by Crippen LogP contribution is -2.42. The molecule has 0 amide bonds. The summed E-state index contributed by atoms with van der Waals surface area (Å²) >= 11 is 6.07. The van der Waals surface area contributed by atoms with Crippen LogP contribution >= 0.6 is 11.6 Å². The molecule has 5 nitrogen and oxygen atoms in total. The van der Waals surface area contributed by atoms with Gasteiger partial charge in [0.25, 0.3) is 6.47 Å². The Labute approximate surface area is 155 Å². The molecule has 1 heterocycles. The molecule has 1 aromatic rings. The monoisotopic (exact) mass is 368 g/mol. The Hall–Kier alpha value is -1.43. The van der Waals surface area contributed by atoms with Crippen molar-refractivity contribution >= 4 is 24.4 Å². The molecule has 1 aliphatic heterocycles. The lowest BCUT2D eigenvalue weighted by molar-refractivity contribution is -0.126. The van der Waals surface area contributed by atoms with Crippen LogP contribution in [0.2, 0.25) is 5.02 Å². The standard InChI is InChI=1S/C17H25ClN2O.C2H4O2/c1-14-12-15(4-5-17(14)18)13-20-9-6-16(7-10-20)19-8-2-3-11-21;1-4-2-3/h4-5,11-12,16,19H,2-3,6-10,13H2,1H3;2H,1H3. The van der Waals surface area contributed by atoms with Gasteiger partial charge in [0, 0.05) is 24.0 Å². The zero-order valence-electron chi connectivity index (χ0n) is 15.2. The van der Waals surface area contributed by atoms with Gasteiger partial charge in [-0.3, -0.25) is 9.69 Å². The van der Waals surface area contributed by atoms with Crippen LogP contribution in [0, 0.1) is 6.92 Å². The number of halogens is 1. The van der Waals surface area contributed by atoms with Crippen molar-refractivity contribution in [3.63, 3.8) is 0 Å². The van der Waals surface area contributed by atoms with Gasteiger partial charge in [-0.25, -0.2) is 0 Å². The van der Waals surface area contributed by atoms with Crippen LogP contribution in [0.1, 0.15) is 36.8 Å². The highest BCUT2D eigenvalue weighted by Crippen LogP contribution is 2.19. The van der Waals surface area contributed by atoms with Gasteiger partial charge in [0.15, 0.2) is 0 Å². The van der Waals surface area contributed by atoms with E-state index >= 15 is 0 Å². The predicted octanol–water partition coefficient (Wildman–Crippen LogP) is 2.97. The first-order chi connectivity index (χ1) is 12.1. The van der Waals surface area contributed by atoms with Crippen LogP contribution in [-0.4, -0.2) is 50.4 Å². The van der Waals surface area contributed by atoms with Crippen LogP contribution in [0.15, 0.2) is 18.2 Å². The van der Waals surface area contributed by atoms with Gasteiger partial charge in [-0.2, -0.15) is 0 Å². The first-order valence-electron chi connectivity index (χ1n) is 8.71. The second-order valence-electron chi connectivity index (χ2n) is 6.23. The van der Waals surface area contributed by atoms with E-state index < -0.39 is 0 Å². The van der Waals surface area contributed by atoms with Gasteiger partial charge in [0.1, 0.15) is 6.29 Å². The fraction of sp³-hybridized carbons (Fsp3) is 0.579. The number of carbonyl (C=O) groups is 2. The van der Waals surface area contributed by atoms with Gasteiger partial charge in [0.05, 0.1) is 7.11 Å². The molecule has 0 spiro atoms. The fourth-order valence-electron chi connectivity index (χ4n) is 2.85. The molecule has 1 fully saturated rings. The summed E-state index contributed by atoms with van der Waals surface area (Å²) in [4.78, 5) is 21.7. The minimum atomic E-state index is 0.375. The van der Waals surface area contributed by atoms with Crippen LogP contribution in [-0.2, 0) is 20.9 Å². The number of nitrogens with zero attached hydrogens (tertiary/aromatic N) is 1. The number of ether oxygens (including phenoxy) is 1. The van der Waals surface area contributed by atoms with Gasteiger partial charge < -0.3 is 14.8 Å². The highest BCUT2D eigenvalue weighted by molar-refractivity contribution is 6.31. The second-order valence-corrected chi connectivity index (χ2v) is 6.64. The average molecular weight is 369 g/mol. The molecule has 6 heteroatoms. The SMILES string of the molecule is COC=O.Cc1cc(CN2CCC(NCCCC=O)CC2)ccc1Cl. The molecule has 2 rings (SSSR count). The number of aryl methyl sites for hydroxylation is 1. The van der Waals surface area contributed by atoms with E-state index in [1.807, 2.05) is 6.07 Å². The van der Waals surface area contributed by atoms with Crippen LogP contribution in [0.3, 0.4) is 0 Å². The molecule has 140 valence electrons. The van der Waals surface area contributed by atoms with E-state index in [1.165, 1.54) is 25.5 Å². The van der Waals surface area contributed by atoms with E-state index in [4.69, 9.17) is 16.4 Å². The van der Waals surface area contributed by atoms with Gasteiger partial charge in [0.2, 0.25) is 0 Å². The smallest absolute Gasteiger partial charge is 0.292 e. The Bertz CT molecular complexity index is 517. The highest BCUT2D eigenvalue weighted by atomic mass is 35.5. The van der Waals surface area contributed by atoms with Gasteiger partial charge in [-0.1, -0.05) is 23.7 Å². The van der Waals surface area contributed by atoms with Crippen LogP contribution in [0.25, 0.3) is 0 Å². The summed E-state index contributed by atoms with van der Waals surface area (Å²) in [5.74, 6) is 0. The third-order valence-corrected chi connectivity index (χ3v) is 4.67. The van der Waals surface area contributed by atoms with E-state index in [1.54, 1.807) is 0 Å². The van der Waals surface area contributed by atoms with E-state index in [0.29, 0.717) is 18.9 Å². The van der Waals surface area contributed by atoms with Crippen molar-refractivity contribution in [2.24, 2.45) is 0 Å². The Kier molecular flexibility index (Phi) is 11.1. The molecule has 1 saturated heterocycles. The maximum absolute atomic E-state index is 10.3. The van der Waals surface area contributed by atoms with Crippen LogP contribution in [0.5, 0.6) is 0 Å². The molecule has 1 aliphatic rings. The number of nitrogens with one attached hydrogen (secondary N) is 1. The van der Waals surface area contributed by atoms with Crippen molar-refractivity contribution in [2.45, 2.75) is 45.2 Å². The number of carbonyl (C=O) groups excluding carboxylic acids is 2. The van der Waals surface area contributed by atoms with E-state index in [-0.39, 0.29) is 0 Å². The number of hydrogen-bond donors (Lipinski definition) is 1. The fourth-order valence-corrected chi connectivity index (χ4v) is 2.97. The van der Waals surface area contributed by atoms with Crippen molar-refractivity contribution in [3.8, 4) is 0 Å². The predicted molar refractivity (Wildman–Crippen MR) is 101 cm³/mol. The summed E-state index contributed by atoms with van der Waals surface area (Å²) < 4.78 is 3.86. The maximum atomic E-state index is 10.3. The Morgan fingerprint density at radius 1 is 1.32 bits per heavy atom. The minimum absolute atomic E-state index is 0.375. The van der Waals surface area contributed by atoms with Gasteiger partial charge in [-0.05, 0) is 63.0 Å². The Balaban J connectivity index is 0.000000705. The van der Waals surface area contributed by atoms with Crippen molar-refractivity contribution in [1.82, 2.24) is 10.2 Å². The molecule has 1 N–H and O–H groups in total. The molecule has 0 unspecified atom stereocenters. The molecular formula is C19H29ClN2O3. The van der Waals surface area contributed by atoms with E-state index in [2.05, 4.69) is 34.0 Å². The van der Waals surface area contributed by atoms with Crippen molar-refractivity contribution in [1.29, 1.82) is 0 Å². The molecule has 0 aromatic heterocycles. The molecule has 1 aromatic carbocycles. The lowest BCUT2D eigenvalue weighted by Gasteiger charge is -2.32. The molecule has 0 aliphatic carbocycles. The first-order valence-corrected chi connectivity index (χ1v) is 9.09. The molecule has 0 bridgehead atoms. The Morgan fingerprint density at radius 2 is 2.00 bits per heavy atom. The summed E-state index contributed by atoms with van der Waals surface area (Å²) in [6.45, 7) is 6.66. The number of benzene rings is 1. The first kappa shape index (κ1) is 21.6. The highest BCUT2D eigenvalue weighted by Gasteiger charge is 2.18. The summed E-state index contributed by atoms with van der Waals surface area (Å²) in [5, 5.41) is 4.40. The molecule has 0 radical (unpaired) electrons. The third-order valence-electron chi connectivity index (χ3n) is 4.24. The normalized spacial score (nSPS) is 15.2. The van der Waals surface area contributed by atoms with Crippen molar-refractivity contribution in [2.75, 3.05) is 26.7 Å². The summed E-state index contributed by atoms with van der Waals surface area (Å²) in [5.41, 5.74) is 2.50. The molecule has 0 atom stereocenters. The zero-order chi connectivity index (χ0) is 18.5. The van der Waals surface area contributed by atoms with E-state index in [9.17, 15) is 4.79 Å². The van der Waals surface area contributed by atoms with Crippen LogP contribution in [0.4, 0.5) is 0 Å². The summed E-state index contributed by atoms with van der Waals surface area (Å²) in [6.07, 6.45) is 5.00. The number of hydrogen-bond acceptors (Lipinski definition) is 5. The summed E-state index contributed by atoms with van der Waals surface area (Å²) in [6, 6.07) is 6.92.